The molecule has 0 fully saturated rings. The van der Waals surface area contributed by atoms with E-state index in [1.165, 1.54) is 11.1 Å². The van der Waals surface area contributed by atoms with Gasteiger partial charge in [-0.25, -0.2) is 0 Å². The fourth-order valence-corrected chi connectivity index (χ4v) is 6.25. The van der Waals surface area contributed by atoms with Crippen LogP contribution in [0.15, 0.2) is 158 Å². The zero-order valence-corrected chi connectivity index (χ0v) is 28.1. The fourth-order valence-electron chi connectivity index (χ4n) is 5.61. The Balaban J connectivity index is 1.15. The molecular formula is C41H36N4S2. The molecule has 0 aliphatic heterocycles. The number of hydrogen-bond acceptors (Lipinski definition) is 2. The Morgan fingerprint density at radius 3 is 1.02 bits per heavy atom. The number of anilines is 6. The maximum absolute atomic E-state index is 5.94. The van der Waals surface area contributed by atoms with Crippen molar-refractivity contribution in [1.82, 2.24) is 0 Å². The Labute approximate surface area is 288 Å². The molecule has 0 aliphatic rings. The first-order chi connectivity index (χ1) is 23.0. The van der Waals surface area contributed by atoms with Crippen molar-refractivity contribution < 1.29 is 0 Å². The molecule has 2 N–H and O–H groups in total. The van der Waals surface area contributed by atoms with E-state index < -0.39 is 0 Å². The molecule has 0 amide bonds. The molecule has 0 aromatic heterocycles. The zero-order valence-electron chi connectivity index (χ0n) is 26.4. The first-order valence-electron chi connectivity index (χ1n) is 15.6. The summed E-state index contributed by atoms with van der Waals surface area (Å²) in [6, 6.07) is 53.8. The fraction of sp³-hybridized carbons (Fsp3) is 0.0732. The minimum absolute atomic E-state index is 0.618. The number of rotatable bonds is 8. The molecule has 0 radical (unpaired) electrons. The lowest BCUT2D eigenvalue weighted by atomic mass is 10.00. The topological polar surface area (TPSA) is 30.5 Å². The Hall–Kier alpha value is -5.30. The van der Waals surface area contributed by atoms with Crippen molar-refractivity contribution in [3.8, 4) is 0 Å². The van der Waals surface area contributed by atoms with Crippen LogP contribution < -0.4 is 20.4 Å². The zero-order chi connectivity index (χ0) is 32.6. The van der Waals surface area contributed by atoms with Crippen LogP contribution in [0.4, 0.5) is 34.1 Å². The van der Waals surface area contributed by atoms with Gasteiger partial charge in [-0.2, -0.15) is 0 Å². The van der Waals surface area contributed by atoms with Crippen molar-refractivity contribution >= 4 is 68.8 Å². The average molecular weight is 649 g/mol. The largest absolute Gasteiger partial charge is 0.332 e. The van der Waals surface area contributed by atoms with Gasteiger partial charge in [0.05, 0.1) is 0 Å². The van der Waals surface area contributed by atoms with Crippen molar-refractivity contribution in [2.24, 2.45) is 0 Å². The van der Waals surface area contributed by atoms with Crippen LogP contribution in [0.3, 0.4) is 0 Å². The monoisotopic (exact) mass is 648 g/mol. The van der Waals surface area contributed by atoms with E-state index in [1.54, 1.807) is 0 Å². The summed E-state index contributed by atoms with van der Waals surface area (Å²) in [7, 11) is 0. The Kier molecular flexibility index (Phi) is 10.0. The van der Waals surface area contributed by atoms with Crippen LogP contribution >= 0.6 is 24.4 Å². The standard InChI is InChI=1S/C41H36N4S2/c1-30-27-32(23-25-38(30)42-40(46)44(34-15-7-3-8-16-34)35-17-9-4-10-18-35)29-33-24-26-39(31(2)28-33)43-41(47)45(36-19-11-5-12-20-36)37-21-13-6-14-22-37/h3-28H,29H2,1-2H3,(H,42,46)(H,43,47). The summed E-state index contributed by atoms with van der Waals surface area (Å²) in [5.74, 6) is 0. The first kappa shape index (κ1) is 31.7. The van der Waals surface area contributed by atoms with Crippen molar-refractivity contribution in [2.45, 2.75) is 20.3 Å². The van der Waals surface area contributed by atoms with Crippen molar-refractivity contribution in [3.63, 3.8) is 0 Å². The molecule has 0 aliphatic carbocycles. The third-order valence-electron chi connectivity index (χ3n) is 7.94. The predicted octanol–water partition coefficient (Wildman–Crippen LogP) is 11.0. The summed E-state index contributed by atoms with van der Waals surface area (Å²) in [6.07, 6.45) is 0.817. The number of benzene rings is 6. The Bertz CT molecular complexity index is 1740. The second kappa shape index (κ2) is 14.9. The van der Waals surface area contributed by atoms with E-state index in [4.69, 9.17) is 24.4 Å². The summed E-state index contributed by atoms with van der Waals surface area (Å²) >= 11 is 11.9. The lowest BCUT2D eigenvalue weighted by Gasteiger charge is -2.27. The van der Waals surface area contributed by atoms with Gasteiger partial charge in [0.2, 0.25) is 0 Å². The van der Waals surface area contributed by atoms with Gasteiger partial charge in [-0.15, -0.1) is 0 Å². The highest BCUT2D eigenvalue weighted by Gasteiger charge is 2.17. The second-order valence-corrected chi connectivity index (χ2v) is 12.1. The molecule has 0 saturated heterocycles. The maximum atomic E-state index is 5.94. The molecule has 6 heteroatoms. The normalized spacial score (nSPS) is 10.6. The average Bonchev–Trinajstić information content (AvgIpc) is 3.09. The number of nitrogens with zero attached hydrogens (tertiary/aromatic N) is 2. The van der Waals surface area contributed by atoms with E-state index in [1.807, 2.05) is 72.8 Å². The summed E-state index contributed by atoms with van der Waals surface area (Å²) in [4.78, 5) is 4.12. The minimum atomic E-state index is 0.618. The molecule has 0 bridgehead atoms. The third-order valence-corrected chi connectivity index (χ3v) is 8.51. The van der Waals surface area contributed by atoms with Gasteiger partial charge in [-0.1, -0.05) is 97.1 Å². The molecule has 47 heavy (non-hydrogen) atoms. The lowest BCUT2D eigenvalue weighted by molar-refractivity contribution is 1.17. The highest BCUT2D eigenvalue weighted by Crippen LogP contribution is 2.29. The molecule has 232 valence electrons. The highest BCUT2D eigenvalue weighted by molar-refractivity contribution is 7.81. The molecular weight excluding hydrogens is 613 g/mol. The molecule has 6 aromatic rings. The van der Waals surface area contributed by atoms with Gasteiger partial charge in [0, 0.05) is 34.1 Å². The summed E-state index contributed by atoms with van der Waals surface area (Å²) < 4.78 is 0. The molecule has 0 unspecified atom stereocenters. The van der Waals surface area contributed by atoms with Crippen LogP contribution in [-0.4, -0.2) is 10.2 Å². The molecule has 0 saturated carbocycles. The smallest absolute Gasteiger partial charge is 0.182 e. The third kappa shape index (κ3) is 7.75. The van der Waals surface area contributed by atoms with Crippen LogP contribution in [0.2, 0.25) is 0 Å². The Morgan fingerprint density at radius 1 is 0.447 bits per heavy atom. The number of nitrogens with one attached hydrogen (secondary N) is 2. The van der Waals surface area contributed by atoms with Gasteiger partial charge in [0.15, 0.2) is 10.2 Å². The van der Waals surface area contributed by atoms with Crippen LogP contribution in [0.1, 0.15) is 22.3 Å². The lowest BCUT2D eigenvalue weighted by Crippen LogP contribution is -2.30. The molecule has 6 rings (SSSR count). The van der Waals surface area contributed by atoms with Crippen LogP contribution in [0.5, 0.6) is 0 Å². The van der Waals surface area contributed by atoms with Crippen molar-refractivity contribution in [2.75, 3.05) is 20.4 Å². The van der Waals surface area contributed by atoms with Crippen LogP contribution in [0.25, 0.3) is 0 Å². The van der Waals surface area contributed by atoms with Gasteiger partial charge < -0.3 is 10.6 Å². The van der Waals surface area contributed by atoms with Gasteiger partial charge in [0.25, 0.3) is 0 Å². The molecule has 4 nitrogen and oxygen atoms in total. The highest BCUT2D eigenvalue weighted by atomic mass is 32.1. The van der Waals surface area contributed by atoms with E-state index >= 15 is 0 Å². The molecule has 0 heterocycles. The van der Waals surface area contributed by atoms with Gasteiger partial charge in [-0.3, -0.25) is 9.80 Å². The predicted molar refractivity (Wildman–Crippen MR) is 208 cm³/mol. The van der Waals surface area contributed by atoms with E-state index in [9.17, 15) is 0 Å². The quantitative estimate of drug-likeness (QED) is 0.160. The SMILES string of the molecule is Cc1cc(Cc2ccc(NC(=S)N(c3ccccc3)c3ccccc3)c(C)c2)ccc1NC(=S)N(c1ccccc1)c1ccccc1. The number of para-hydroxylation sites is 4. The Morgan fingerprint density at radius 2 is 0.745 bits per heavy atom. The molecule has 0 atom stereocenters. The summed E-state index contributed by atoms with van der Waals surface area (Å²) in [6.45, 7) is 4.24. The molecule has 6 aromatic carbocycles. The minimum Gasteiger partial charge on any atom is -0.332 e. The summed E-state index contributed by atoms with van der Waals surface area (Å²) in [5.41, 5.74) is 10.7. The number of aryl methyl sites for hydroxylation is 2. The first-order valence-corrected chi connectivity index (χ1v) is 16.4. The van der Waals surface area contributed by atoms with Gasteiger partial charge in [-0.05, 0) is 128 Å². The number of thiocarbonyl (C=S) groups is 2. The van der Waals surface area contributed by atoms with Gasteiger partial charge >= 0.3 is 0 Å². The van der Waals surface area contributed by atoms with E-state index in [0.29, 0.717) is 10.2 Å². The maximum Gasteiger partial charge on any atom is 0.182 e. The van der Waals surface area contributed by atoms with Crippen molar-refractivity contribution in [3.05, 3.63) is 180 Å². The van der Waals surface area contributed by atoms with E-state index in [0.717, 1.165) is 51.7 Å². The second-order valence-electron chi connectivity index (χ2n) is 11.3. The summed E-state index contributed by atoms with van der Waals surface area (Å²) in [5, 5.41) is 8.23. The van der Waals surface area contributed by atoms with Crippen molar-refractivity contribution in [1.29, 1.82) is 0 Å². The molecule has 0 spiro atoms. The van der Waals surface area contributed by atoms with Crippen LogP contribution in [-0.2, 0) is 6.42 Å². The number of hydrogen-bond donors (Lipinski definition) is 2. The van der Waals surface area contributed by atoms with E-state index in [-0.39, 0.29) is 0 Å². The van der Waals surface area contributed by atoms with Gasteiger partial charge in [0.1, 0.15) is 0 Å². The van der Waals surface area contributed by atoms with E-state index in [2.05, 4.69) is 119 Å². The van der Waals surface area contributed by atoms with Crippen LogP contribution in [0, 0.1) is 13.8 Å².